The van der Waals surface area contributed by atoms with Crippen LogP contribution in [0.1, 0.15) is 57.8 Å². The van der Waals surface area contributed by atoms with Crippen molar-refractivity contribution in [2.24, 2.45) is 29.0 Å². The number of hydrogen-bond acceptors (Lipinski definition) is 2. The molecule has 0 amide bonds. The van der Waals surface area contributed by atoms with Gasteiger partial charge in [-0.2, -0.15) is 13.2 Å². The molecule has 0 aliphatic heterocycles. The first-order chi connectivity index (χ1) is 9.40. The molecule has 4 fully saturated rings. The van der Waals surface area contributed by atoms with Gasteiger partial charge in [-0.1, -0.05) is 0 Å². The molecule has 1 atom stereocenters. The molecule has 3 N–H and O–H groups in total. The Hall–Kier alpha value is -0.290. The van der Waals surface area contributed by atoms with E-state index < -0.39 is 12.6 Å². The standard InChI is InChI=1S/C15H25F3N2/c16-15(17,18)3-1-2-13(20-19)14-7-10-4-11(8-14)6-12(5-10)9-14/h10-13,20H,1-9,19H2. The van der Waals surface area contributed by atoms with Crippen molar-refractivity contribution < 1.29 is 13.2 Å². The van der Waals surface area contributed by atoms with E-state index in [1.54, 1.807) is 0 Å². The maximum absolute atomic E-state index is 12.3. The van der Waals surface area contributed by atoms with Crippen molar-refractivity contribution in [3.8, 4) is 0 Å². The van der Waals surface area contributed by atoms with Crippen molar-refractivity contribution in [2.75, 3.05) is 0 Å². The van der Waals surface area contributed by atoms with Crippen LogP contribution in [0.2, 0.25) is 0 Å². The highest BCUT2D eigenvalue weighted by Gasteiger charge is 2.53. The van der Waals surface area contributed by atoms with Gasteiger partial charge in [0.25, 0.3) is 0 Å². The lowest BCUT2D eigenvalue weighted by Gasteiger charge is -2.59. The summed E-state index contributed by atoms with van der Waals surface area (Å²) in [5, 5.41) is 0. The molecule has 4 bridgehead atoms. The number of hydrogen-bond donors (Lipinski definition) is 2. The SMILES string of the molecule is NNC(CCCC(F)(F)F)C12CC3CC(CC(C3)C1)C2. The molecule has 0 spiro atoms. The monoisotopic (exact) mass is 290 g/mol. The van der Waals surface area contributed by atoms with Gasteiger partial charge in [-0.15, -0.1) is 0 Å². The number of rotatable bonds is 5. The molecule has 4 aliphatic rings. The van der Waals surface area contributed by atoms with E-state index in [1.807, 2.05) is 0 Å². The number of alkyl halides is 3. The maximum atomic E-state index is 12.3. The summed E-state index contributed by atoms with van der Waals surface area (Å²) in [5.41, 5.74) is 3.07. The molecule has 4 aliphatic carbocycles. The molecule has 2 nitrogen and oxygen atoms in total. The molecule has 0 saturated heterocycles. The molecule has 116 valence electrons. The lowest BCUT2D eigenvalue weighted by atomic mass is 9.47. The van der Waals surface area contributed by atoms with Crippen LogP contribution in [0.5, 0.6) is 0 Å². The Labute approximate surface area is 118 Å². The summed E-state index contributed by atoms with van der Waals surface area (Å²) < 4.78 is 37.0. The highest BCUT2D eigenvalue weighted by atomic mass is 19.4. The number of hydrazine groups is 1. The lowest BCUT2D eigenvalue weighted by molar-refractivity contribution is -0.137. The third kappa shape index (κ3) is 2.84. The van der Waals surface area contributed by atoms with Crippen LogP contribution in [-0.4, -0.2) is 12.2 Å². The van der Waals surface area contributed by atoms with Gasteiger partial charge in [0.2, 0.25) is 0 Å². The van der Waals surface area contributed by atoms with Crippen molar-refractivity contribution in [1.82, 2.24) is 5.43 Å². The van der Waals surface area contributed by atoms with Gasteiger partial charge in [0.1, 0.15) is 0 Å². The fourth-order valence-corrected chi connectivity index (χ4v) is 5.68. The van der Waals surface area contributed by atoms with Crippen LogP contribution in [0.3, 0.4) is 0 Å². The fraction of sp³-hybridized carbons (Fsp3) is 1.00. The molecule has 0 heterocycles. The minimum atomic E-state index is -4.04. The largest absolute Gasteiger partial charge is 0.389 e. The highest BCUT2D eigenvalue weighted by Crippen LogP contribution is 2.61. The molecular weight excluding hydrogens is 265 g/mol. The zero-order valence-electron chi connectivity index (χ0n) is 11.9. The van der Waals surface area contributed by atoms with Gasteiger partial charge in [-0.25, -0.2) is 0 Å². The van der Waals surface area contributed by atoms with Crippen LogP contribution >= 0.6 is 0 Å². The summed E-state index contributed by atoms with van der Waals surface area (Å²) in [7, 11) is 0. The Morgan fingerprint density at radius 1 is 1.05 bits per heavy atom. The Kier molecular flexibility index (Phi) is 3.78. The van der Waals surface area contributed by atoms with E-state index in [2.05, 4.69) is 5.43 Å². The Balaban J connectivity index is 1.63. The van der Waals surface area contributed by atoms with Crippen LogP contribution in [-0.2, 0) is 0 Å². The van der Waals surface area contributed by atoms with Crippen LogP contribution in [0.4, 0.5) is 13.2 Å². The number of nitrogens with one attached hydrogen (secondary N) is 1. The van der Waals surface area contributed by atoms with Gasteiger partial charge in [0.15, 0.2) is 0 Å². The lowest BCUT2D eigenvalue weighted by Crippen LogP contribution is -2.57. The van der Waals surface area contributed by atoms with Crippen molar-refractivity contribution in [2.45, 2.75) is 70.0 Å². The van der Waals surface area contributed by atoms with Gasteiger partial charge < -0.3 is 0 Å². The second-order valence-corrected chi connectivity index (χ2v) is 7.51. The van der Waals surface area contributed by atoms with Gasteiger partial charge in [0.05, 0.1) is 0 Å². The molecule has 0 aromatic rings. The predicted octanol–water partition coefficient (Wildman–Crippen LogP) is 3.77. The Bertz CT molecular complexity index is 318. The second kappa shape index (κ2) is 5.16. The quantitative estimate of drug-likeness (QED) is 0.597. The van der Waals surface area contributed by atoms with Gasteiger partial charge in [-0.3, -0.25) is 11.3 Å². The molecule has 5 heteroatoms. The van der Waals surface area contributed by atoms with E-state index in [9.17, 15) is 13.2 Å². The van der Waals surface area contributed by atoms with Crippen molar-refractivity contribution in [3.05, 3.63) is 0 Å². The van der Waals surface area contributed by atoms with E-state index in [-0.39, 0.29) is 17.9 Å². The minimum absolute atomic E-state index is 0.0678. The summed E-state index contributed by atoms with van der Waals surface area (Å²) in [6.45, 7) is 0. The van der Waals surface area contributed by atoms with Gasteiger partial charge >= 0.3 is 6.18 Å². The highest BCUT2D eigenvalue weighted by molar-refractivity contribution is 5.05. The first-order valence-electron chi connectivity index (χ1n) is 7.93. The minimum Gasteiger partial charge on any atom is -0.271 e. The Morgan fingerprint density at radius 3 is 1.95 bits per heavy atom. The zero-order valence-corrected chi connectivity index (χ0v) is 11.9. The van der Waals surface area contributed by atoms with Crippen LogP contribution < -0.4 is 11.3 Å². The van der Waals surface area contributed by atoms with Crippen molar-refractivity contribution >= 4 is 0 Å². The molecule has 0 aromatic carbocycles. The van der Waals surface area contributed by atoms with E-state index in [1.165, 1.54) is 38.5 Å². The third-order valence-electron chi connectivity index (χ3n) is 5.98. The maximum Gasteiger partial charge on any atom is 0.389 e. The smallest absolute Gasteiger partial charge is 0.271 e. The molecule has 20 heavy (non-hydrogen) atoms. The summed E-state index contributed by atoms with van der Waals surface area (Å²) in [6.07, 6.45) is 3.61. The molecule has 4 saturated carbocycles. The van der Waals surface area contributed by atoms with Gasteiger partial charge in [-0.05, 0) is 74.5 Å². The summed E-state index contributed by atoms with van der Waals surface area (Å²) >= 11 is 0. The predicted molar refractivity (Wildman–Crippen MR) is 71.6 cm³/mol. The Morgan fingerprint density at radius 2 is 1.55 bits per heavy atom. The first kappa shape index (κ1) is 14.6. The molecule has 1 unspecified atom stereocenters. The van der Waals surface area contributed by atoms with E-state index >= 15 is 0 Å². The molecule has 4 rings (SSSR count). The average molecular weight is 290 g/mol. The van der Waals surface area contributed by atoms with E-state index in [0.717, 1.165) is 17.8 Å². The fourth-order valence-electron chi connectivity index (χ4n) is 5.68. The van der Waals surface area contributed by atoms with E-state index in [4.69, 9.17) is 5.84 Å². The zero-order chi connectivity index (χ0) is 14.4. The van der Waals surface area contributed by atoms with Crippen LogP contribution in [0.15, 0.2) is 0 Å². The summed E-state index contributed by atoms with van der Waals surface area (Å²) in [4.78, 5) is 0. The number of halogens is 3. The van der Waals surface area contributed by atoms with Crippen LogP contribution in [0, 0.1) is 23.2 Å². The first-order valence-corrected chi connectivity index (χ1v) is 7.93. The summed E-state index contributed by atoms with van der Waals surface area (Å²) in [6, 6.07) is 0.0678. The normalized spacial score (nSPS) is 41.1. The third-order valence-corrected chi connectivity index (χ3v) is 5.98. The van der Waals surface area contributed by atoms with Crippen LogP contribution in [0.25, 0.3) is 0 Å². The second-order valence-electron chi connectivity index (χ2n) is 7.51. The number of nitrogens with two attached hydrogens (primary N) is 1. The summed E-state index contributed by atoms with van der Waals surface area (Å²) in [5.74, 6) is 8.13. The van der Waals surface area contributed by atoms with Gasteiger partial charge in [0, 0.05) is 12.5 Å². The molecule has 0 aromatic heterocycles. The molecule has 0 radical (unpaired) electrons. The van der Waals surface area contributed by atoms with Crippen molar-refractivity contribution in [1.29, 1.82) is 0 Å². The topological polar surface area (TPSA) is 38.0 Å². The van der Waals surface area contributed by atoms with Crippen molar-refractivity contribution in [3.63, 3.8) is 0 Å². The van der Waals surface area contributed by atoms with E-state index in [0.29, 0.717) is 6.42 Å². The molecular formula is C15H25F3N2. The average Bonchev–Trinajstić information content (AvgIpc) is 2.31.